The van der Waals surface area contributed by atoms with Crippen LogP contribution >= 0.6 is 0 Å². The van der Waals surface area contributed by atoms with Gasteiger partial charge in [0.05, 0.1) is 20.3 Å². The third kappa shape index (κ3) is 2.76. The second-order valence-electron chi connectivity index (χ2n) is 4.43. The van der Waals surface area contributed by atoms with Crippen molar-refractivity contribution in [1.82, 2.24) is 14.7 Å². The van der Waals surface area contributed by atoms with E-state index in [4.69, 9.17) is 4.74 Å². The molecule has 1 unspecified atom stereocenters. The number of aromatic nitrogens is 2. The predicted molar refractivity (Wildman–Crippen MR) is 65.6 cm³/mol. The Bertz CT molecular complexity index is 478. The Labute approximate surface area is 111 Å². The van der Waals surface area contributed by atoms with Gasteiger partial charge >= 0.3 is 5.97 Å². The summed E-state index contributed by atoms with van der Waals surface area (Å²) in [6.45, 7) is 2.83. The quantitative estimate of drug-likeness (QED) is 0.690. The van der Waals surface area contributed by atoms with Crippen LogP contribution in [0, 0.1) is 6.92 Å². The highest BCUT2D eigenvalue weighted by molar-refractivity contribution is 5.93. The molecule has 19 heavy (non-hydrogen) atoms. The van der Waals surface area contributed by atoms with E-state index in [1.165, 1.54) is 7.11 Å². The van der Waals surface area contributed by atoms with E-state index in [0.717, 1.165) is 5.69 Å². The van der Waals surface area contributed by atoms with Crippen molar-refractivity contribution in [2.45, 2.75) is 13.0 Å². The molecule has 1 fully saturated rings. The molecule has 0 radical (unpaired) electrons. The minimum Gasteiger partial charge on any atom is -0.467 e. The summed E-state index contributed by atoms with van der Waals surface area (Å²) in [5, 5.41) is 4.14. The second-order valence-corrected chi connectivity index (χ2v) is 4.43. The molecule has 1 aromatic heterocycles. The summed E-state index contributed by atoms with van der Waals surface area (Å²) in [5.74, 6) is -0.657. The van der Waals surface area contributed by atoms with Crippen LogP contribution in [-0.2, 0) is 21.3 Å². The number of ether oxygens (including phenoxy) is 2. The molecular formula is C12H17N3O4. The van der Waals surface area contributed by atoms with Crippen LogP contribution in [0.25, 0.3) is 0 Å². The summed E-state index contributed by atoms with van der Waals surface area (Å²) in [5.41, 5.74) is 1.28. The second kappa shape index (κ2) is 5.40. The first-order valence-corrected chi connectivity index (χ1v) is 6.02. The van der Waals surface area contributed by atoms with E-state index in [1.54, 1.807) is 22.7 Å². The Morgan fingerprint density at radius 1 is 1.53 bits per heavy atom. The average Bonchev–Trinajstić information content (AvgIpc) is 2.77. The van der Waals surface area contributed by atoms with Gasteiger partial charge in [0.1, 0.15) is 0 Å². The molecule has 1 saturated heterocycles. The number of hydrogen-bond acceptors (Lipinski definition) is 5. The molecule has 0 bridgehead atoms. The van der Waals surface area contributed by atoms with Gasteiger partial charge in [-0.15, -0.1) is 0 Å². The van der Waals surface area contributed by atoms with Crippen LogP contribution in [0.15, 0.2) is 6.07 Å². The first-order chi connectivity index (χ1) is 9.02. The third-order valence-electron chi connectivity index (χ3n) is 3.15. The fraction of sp³-hybridized carbons (Fsp3) is 0.583. The van der Waals surface area contributed by atoms with Crippen LogP contribution < -0.4 is 0 Å². The van der Waals surface area contributed by atoms with E-state index in [-0.39, 0.29) is 12.5 Å². The average molecular weight is 267 g/mol. The Hall–Kier alpha value is -1.89. The van der Waals surface area contributed by atoms with Crippen molar-refractivity contribution in [2.75, 3.05) is 26.8 Å². The van der Waals surface area contributed by atoms with Crippen LogP contribution in [0.3, 0.4) is 0 Å². The maximum atomic E-state index is 12.3. The minimum atomic E-state index is -0.715. The number of carbonyl (C=O) groups excluding carboxylic acids is 2. The molecule has 0 aromatic carbocycles. The van der Waals surface area contributed by atoms with Crippen molar-refractivity contribution < 1.29 is 19.1 Å². The number of carbonyl (C=O) groups is 2. The van der Waals surface area contributed by atoms with Crippen molar-refractivity contribution in [3.63, 3.8) is 0 Å². The Balaban J connectivity index is 2.09. The zero-order chi connectivity index (χ0) is 14.0. The number of rotatable bonds is 2. The van der Waals surface area contributed by atoms with Crippen LogP contribution in [0.2, 0.25) is 0 Å². The van der Waals surface area contributed by atoms with Gasteiger partial charge in [-0.25, -0.2) is 4.79 Å². The molecule has 2 heterocycles. The summed E-state index contributed by atoms with van der Waals surface area (Å²) in [6, 6.07) is 1.73. The summed E-state index contributed by atoms with van der Waals surface area (Å²) < 4.78 is 11.6. The Kier molecular flexibility index (Phi) is 3.84. The lowest BCUT2D eigenvalue weighted by Crippen LogP contribution is -2.49. The molecule has 7 nitrogen and oxygen atoms in total. The van der Waals surface area contributed by atoms with Gasteiger partial charge in [-0.2, -0.15) is 5.10 Å². The summed E-state index contributed by atoms with van der Waals surface area (Å²) in [7, 11) is 3.08. The number of morpholine rings is 1. The molecule has 2 rings (SSSR count). The van der Waals surface area contributed by atoms with E-state index in [2.05, 4.69) is 9.84 Å². The van der Waals surface area contributed by atoms with Crippen LogP contribution in [-0.4, -0.2) is 59.5 Å². The highest BCUT2D eigenvalue weighted by Gasteiger charge is 2.31. The molecule has 104 valence electrons. The maximum Gasteiger partial charge on any atom is 0.336 e. The molecule has 0 saturated carbocycles. The standard InChI is InChI=1S/C12H17N3O4/c1-8-6-9(13-14(8)2)11(16)15-4-5-19-10(7-15)12(17)18-3/h6,10H,4-5,7H2,1-3H3. The van der Waals surface area contributed by atoms with Gasteiger partial charge in [-0.1, -0.05) is 0 Å². The molecule has 1 aromatic rings. The van der Waals surface area contributed by atoms with Crippen molar-refractivity contribution in [3.8, 4) is 0 Å². The monoisotopic (exact) mass is 267 g/mol. The smallest absolute Gasteiger partial charge is 0.336 e. The van der Waals surface area contributed by atoms with E-state index in [9.17, 15) is 9.59 Å². The van der Waals surface area contributed by atoms with Crippen LogP contribution in [0.1, 0.15) is 16.2 Å². The number of nitrogens with zero attached hydrogens (tertiary/aromatic N) is 3. The van der Waals surface area contributed by atoms with Gasteiger partial charge < -0.3 is 14.4 Å². The van der Waals surface area contributed by atoms with Crippen molar-refractivity contribution in [1.29, 1.82) is 0 Å². The highest BCUT2D eigenvalue weighted by Crippen LogP contribution is 2.11. The largest absolute Gasteiger partial charge is 0.467 e. The lowest BCUT2D eigenvalue weighted by molar-refractivity contribution is -0.158. The fourth-order valence-electron chi connectivity index (χ4n) is 1.93. The minimum absolute atomic E-state index is 0.194. The normalized spacial score (nSPS) is 19.3. The van der Waals surface area contributed by atoms with Crippen molar-refractivity contribution in [3.05, 3.63) is 17.5 Å². The Morgan fingerprint density at radius 3 is 2.84 bits per heavy atom. The van der Waals surface area contributed by atoms with Crippen molar-refractivity contribution >= 4 is 11.9 Å². The molecule has 7 heteroatoms. The fourth-order valence-corrected chi connectivity index (χ4v) is 1.93. The van der Waals surface area contributed by atoms with E-state index in [1.807, 2.05) is 6.92 Å². The third-order valence-corrected chi connectivity index (χ3v) is 3.15. The summed E-state index contributed by atoms with van der Waals surface area (Å²) in [6.07, 6.45) is -0.715. The number of hydrogen-bond donors (Lipinski definition) is 0. The van der Waals surface area contributed by atoms with Gasteiger partial charge in [0.15, 0.2) is 11.8 Å². The molecule has 0 aliphatic carbocycles. The first kappa shape index (κ1) is 13.5. The molecule has 0 N–H and O–H groups in total. The summed E-state index contributed by atoms with van der Waals surface area (Å²) >= 11 is 0. The van der Waals surface area contributed by atoms with Gasteiger partial charge in [0, 0.05) is 19.3 Å². The molecule has 1 amide bonds. The number of aryl methyl sites for hydroxylation is 2. The zero-order valence-corrected chi connectivity index (χ0v) is 11.3. The highest BCUT2D eigenvalue weighted by atomic mass is 16.6. The Morgan fingerprint density at radius 2 is 2.26 bits per heavy atom. The maximum absolute atomic E-state index is 12.3. The van der Waals surface area contributed by atoms with Gasteiger partial charge in [-0.3, -0.25) is 9.48 Å². The van der Waals surface area contributed by atoms with Gasteiger partial charge in [0.2, 0.25) is 0 Å². The lowest BCUT2D eigenvalue weighted by atomic mass is 10.2. The number of amides is 1. The van der Waals surface area contributed by atoms with E-state index in [0.29, 0.717) is 18.8 Å². The van der Waals surface area contributed by atoms with Gasteiger partial charge in [0.25, 0.3) is 5.91 Å². The topological polar surface area (TPSA) is 73.7 Å². The molecule has 0 spiro atoms. The summed E-state index contributed by atoms with van der Waals surface area (Å²) in [4.78, 5) is 25.3. The van der Waals surface area contributed by atoms with Crippen molar-refractivity contribution in [2.24, 2.45) is 7.05 Å². The zero-order valence-electron chi connectivity index (χ0n) is 11.3. The number of esters is 1. The predicted octanol–water partition coefficient (Wildman–Crippen LogP) is -0.257. The van der Waals surface area contributed by atoms with Crippen LogP contribution in [0.4, 0.5) is 0 Å². The SMILES string of the molecule is COC(=O)C1CN(C(=O)c2cc(C)n(C)n2)CCO1. The lowest BCUT2D eigenvalue weighted by Gasteiger charge is -2.30. The van der Waals surface area contributed by atoms with Crippen LogP contribution in [0.5, 0.6) is 0 Å². The molecular weight excluding hydrogens is 250 g/mol. The molecule has 1 atom stereocenters. The molecule has 1 aliphatic rings. The first-order valence-electron chi connectivity index (χ1n) is 6.02. The van der Waals surface area contributed by atoms with E-state index < -0.39 is 12.1 Å². The number of methoxy groups -OCH3 is 1. The van der Waals surface area contributed by atoms with E-state index >= 15 is 0 Å². The van der Waals surface area contributed by atoms with Gasteiger partial charge in [-0.05, 0) is 13.0 Å². The molecule has 1 aliphatic heterocycles.